The van der Waals surface area contributed by atoms with Crippen LogP contribution in [-0.4, -0.2) is 52.4 Å². The fourth-order valence-corrected chi connectivity index (χ4v) is 5.15. The van der Waals surface area contributed by atoms with Gasteiger partial charge in [-0.1, -0.05) is 5.16 Å². The number of aryl methyl sites for hydroxylation is 1. The number of piperidine rings is 1. The minimum absolute atomic E-state index is 0.0683. The zero-order valence-corrected chi connectivity index (χ0v) is 17.1. The van der Waals surface area contributed by atoms with Crippen molar-refractivity contribution in [1.82, 2.24) is 19.8 Å². The van der Waals surface area contributed by atoms with Crippen LogP contribution in [0.1, 0.15) is 38.6 Å². The van der Waals surface area contributed by atoms with Gasteiger partial charge in [0.05, 0.1) is 5.69 Å². The highest BCUT2D eigenvalue weighted by atomic mass is 32.2. The molecule has 29 heavy (non-hydrogen) atoms. The largest absolute Gasteiger partial charge is 0.363 e. The molecule has 2 unspecified atom stereocenters. The van der Waals surface area contributed by atoms with Gasteiger partial charge in [-0.2, -0.15) is 5.10 Å². The standard InChI is InChI=1S/C17H23F2N5O4S/c1-11(18)13-10-15(23(3)21-13)29(26,27)17(2,19)12-4-7-24(8-5-12)16(25)20-14-6-9-28-22-14/h6,9-12H,4-5,7-8H2,1-3H3,(H,20,22,25). The number of halogens is 2. The lowest BCUT2D eigenvalue weighted by Gasteiger charge is -2.37. The zero-order valence-electron chi connectivity index (χ0n) is 16.3. The first kappa shape index (κ1) is 21.2. The average Bonchev–Trinajstić information content (AvgIpc) is 3.31. The lowest BCUT2D eigenvalue weighted by molar-refractivity contribution is 0.117. The summed E-state index contributed by atoms with van der Waals surface area (Å²) in [7, 11) is -3.10. The molecule has 1 N–H and O–H groups in total. The predicted octanol–water partition coefficient (Wildman–Crippen LogP) is 2.84. The summed E-state index contributed by atoms with van der Waals surface area (Å²) in [4.78, 5) is 13.7. The Morgan fingerprint density at radius 3 is 2.59 bits per heavy atom. The van der Waals surface area contributed by atoms with Gasteiger partial charge in [-0.05, 0) is 26.7 Å². The summed E-state index contributed by atoms with van der Waals surface area (Å²) in [5.74, 6) is -0.575. The normalized spacial score (nSPS) is 19.0. The van der Waals surface area contributed by atoms with Gasteiger partial charge in [0.15, 0.2) is 10.8 Å². The van der Waals surface area contributed by atoms with Gasteiger partial charge in [0.25, 0.3) is 0 Å². The van der Waals surface area contributed by atoms with Crippen molar-refractivity contribution >= 4 is 21.7 Å². The molecule has 3 heterocycles. The summed E-state index contributed by atoms with van der Waals surface area (Å²) in [5, 5.41) is 7.00. The van der Waals surface area contributed by atoms with Crippen molar-refractivity contribution < 1.29 is 26.5 Å². The molecule has 2 aromatic rings. The molecule has 2 atom stereocenters. The van der Waals surface area contributed by atoms with Gasteiger partial charge in [0, 0.05) is 38.2 Å². The van der Waals surface area contributed by atoms with Crippen LogP contribution in [0.5, 0.6) is 0 Å². The highest BCUT2D eigenvalue weighted by Crippen LogP contribution is 2.39. The minimum Gasteiger partial charge on any atom is -0.363 e. The van der Waals surface area contributed by atoms with E-state index in [0.717, 1.165) is 17.7 Å². The summed E-state index contributed by atoms with van der Waals surface area (Å²) in [6.07, 6.45) is 0.155. The number of hydrogen-bond donors (Lipinski definition) is 1. The highest BCUT2D eigenvalue weighted by molar-refractivity contribution is 7.92. The van der Waals surface area contributed by atoms with E-state index in [4.69, 9.17) is 0 Å². The van der Waals surface area contributed by atoms with E-state index in [1.165, 1.54) is 31.2 Å². The molecule has 9 nitrogen and oxygen atoms in total. The number of urea groups is 1. The molecule has 0 saturated carbocycles. The third kappa shape index (κ3) is 3.98. The SMILES string of the molecule is CC(F)c1cc(S(=O)(=O)C(C)(F)C2CCN(C(=O)Nc3ccon3)CC2)n(C)n1. The molecule has 2 aromatic heterocycles. The van der Waals surface area contributed by atoms with E-state index in [1.807, 2.05) is 0 Å². The van der Waals surface area contributed by atoms with Gasteiger partial charge < -0.3 is 9.42 Å². The first-order valence-corrected chi connectivity index (χ1v) is 10.6. The Kier molecular flexibility index (Phi) is 5.65. The quantitative estimate of drug-likeness (QED) is 0.779. The van der Waals surface area contributed by atoms with Crippen LogP contribution in [0.15, 0.2) is 27.9 Å². The van der Waals surface area contributed by atoms with Gasteiger partial charge in [-0.25, -0.2) is 22.0 Å². The van der Waals surface area contributed by atoms with E-state index in [0.29, 0.717) is 0 Å². The Hall–Kier alpha value is -2.50. The molecule has 1 aliphatic rings. The number of likely N-dealkylation sites (tertiary alicyclic amines) is 1. The van der Waals surface area contributed by atoms with Crippen LogP contribution >= 0.6 is 0 Å². The second-order valence-electron chi connectivity index (χ2n) is 7.21. The van der Waals surface area contributed by atoms with Crippen LogP contribution in [0.2, 0.25) is 0 Å². The highest BCUT2D eigenvalue weighted by Gasteiger charge is 2.50. The van der Waals surface area contributed by atoms with Gasteiger partial charge >= 0.3 is 6.03 Å². The smallest absolute Gasteiger partial charge is 0.323 e. The number of amides is 2. The number of sulfone groups is 1. The lowest BCUT2D eigenvalue weighted by atomic mass is 9.92. The number of carbonyl (C=O) groups is 1. The molecule has 0 aliphatic carbocycles. The third-order valence-electron chi connectivity index (χ3n) is 5.25. The van der Waals surface area contributed by atoms with Crippen LogP contribution in [-0.2, 0) is 16.9 Å². The van der Waals surface area contributed by atoms with Crippen LogP contribution in [0.25, 0.3) is 0 Å². The van der Waals surface area contributed by atoms with Crippen LogP contribution < -0.4 is 5.32 Å². The third-order valence-corrected chi connectivity index (χ3v) is 7.57. The van der Waals surface area contributed by atoms with Gasteiger partial charge in [0.1, 0.15) is 12.4 Å². The second kappa shape index (κ2) is 7.73. The van der Waals surface area contributed by atoms with Crippen molar-refractivity contribution in [3.63, 3.8) is 0 Å². The molecule has 160 valence electrons. The molecule has 1 fully saturated rings. The Morgan fingerprint density at radius 2 is 2.07 bits per heavy atom. The van der Waals surface area contributed by atoms with Crippen molar-refractivity contribution in [2.24, 2.45) is 13.0 Å². The summed E-state index contributed by atoms with van der Waals surface area (Å²) in [6.45, 7) is 2.61. The summed E-state index contributed by atoms with van der Waals surface area (Å²) in [5.41, 5.74) is -0.0683. The van der Waals surface area contributed by atoms with E-state index >= 15 is 4.39 Å². The number of aromatic nitrogens is 3. The van der Waals surface area contributed by atoms with E-state index in [2.05, 4.69) is 20.1 Å². The molecule has 0 radical (unpaired) electrons. The maximum atomic E-state index is 15.6. The number of anilines is 1. The summed E-state index contributed by atoms with van der Waals surface area (Å²) < 4.78 is 60.7. The molecular weight excluding hydrogens is 408 g/mol. The van der Waals surface area contributed by atoms with Crippen molar-refractivity contribution in [2.45, 2.75) is 42.9 Å². The number of hydrogen-bond acceptors (Lipinski definition) is 6. The molecule has 0 bridgehead atoms. The van der Waals surface area contributed by atoms with Crippen molar-refractivity contribution in [2.75, 3.05) is 18.4 Å². The predicted molar refractivity (Wildman–Crippen MR) is 99.2 cm³/mol. The molecule has 2 amide bonds. The van der Waals surface area contributed by atoms with E-state index in [9.17, 15) is 17.6 Å². The Labute approximate surface area is 166 Å². The molecule has 0 aromatic carbocycles. The monoisotopic (exact) mass is 431 g/mol. The molecule has 1 aliphatic heterocycles. The van der Waals surface area contributed by atoms with Gasteiger partial charge in [-0.15, -0.1) is 0 Å². The zero-order chi connectivity index (χ0) is 21.4. The van der Waals surface area contributed by atoms with Crippen molar-refractivity contribution in [3.05, 3.63) is 24.1 Å². The average molecular weight is 431 g/mol. The van der Waals surface area contributed by atoms with Crippen molar-refractivity contribution in [1.29, 1.82) is 0 Å². The first-order valence-electron chi connectivity index (χ1n) is 9.12. The van der Waals surface area contributed by atoms with Gasteiger partial charge in [0.2, 0.25) is 14.8 Å². The van der Waals surface area contributed by atoms with E-state index < -0.39 is 33.0 Å². The fraction of sp³-hybridized carbons (Fsp3) is 0.588. The summed E-state index contributed by atoms with van der Waals surface area (Å²) in [6, 6.07) is 2.13. The van der Waals surface area contributed by atoms with Crippen LogP contribution in [0, 0.1) is 5.92 Å². The minimum atomic E-state index is -4.43. The Balaban J connectivity index is 1.71. The molecule has 12 heteroatoms. The first-order chi connectivity index (χ1) is 13.5. The molecule has 1 saturated heterocycles. The van der Waals surface area contributed by atoms with E-state index in [1.54, 1.807) is 0 Å². The number of rotatable bonds is 5. The number of nitrogens with zero attached hydrogens (tertiary/aromatic N) is 4. The number of alkyl halides is 2. The van der Waals surface area contributed by atoms with E-state index in [-0.39, 0.29) is 42.5 Å². The van der Waals surface area contributed by atoms with Crippen molar-refractivity contribution in [3.8, 4) is 0 Å². The maximum Gasteiger partial charge on any atom is 0.323 e. The number of carbonyl (C=O) groups excluding carboxylic acids is 1. The Morgan fingerprint density at radius 1 is 1.41 bits per heavy atom. The number of nitrogens with one attached hydrogen (secondary N) is 1. The maximum absolute atomic E-state index is 15.6. The van der Waals surface area contributed by atoms with Crippen LogP contribution in [0.3, 0.4) is 0 Å². The Bertz CT molecular complexity index is 964. The fourth-order valence-electron chi connectivity index (χ4n) is 3.40. The van der Waals surface area contributed by atoms with Crippen LogP contribution in [0.4, 0.5) is 19.4 Å². The summed E-state index contributed by atoms with van der Waals surface area (Å²) >= 11 is 0. The molecular formula is C17H23F2N5O4S. The topological polar surface area (TPSA) is 110 Å². The second-order valence-corrected chi connectivity index (χ2v) is 9.44. The van der Waals surface area contributed by atoms with Gasteiger partial charge in [-0.3, -0.25) is 10.00 Å². The lowest BCUT2D eigenvalue weighted by Crippen LogP contribution is -2.48. The molecule has 0 spiro atoms. The molecule has 3 rings (SSSR count).